The minimum atomic E-state index is 0.0311. The zero-order chi connectivity index (χ0) is 14.0. The van der Waals surface area contributed by atoms with Gasteiger partial charge in [0.15, 0.2) is 0 Å². The van der Waals surface area contributed by atoms with E-state index in [9.17, 15) is 0 Å². The monoisotopic (exact) mass is 270 g/mol. The number of hydrogen-bond donors (Lipinski definition) is 1. The van der Waals surface area contributed by atoms with Crippen LogP contribution in [0, 0.1) is 17.2 Å². The molecule has 0 bridgehead atoms. The average molecular weight is 270 g/mol. The lowest BCUT2D eigenvalue weighted by Gasteiger charge is -2.45. The van der Waals surface area contributed by atoms with E-state index in [1.807, 2.05) is 24.3 Å². The van der Waals surface area contributed by atoms with Gasteiger partial charge in [-0.15, -0.1) is 0 Å². The molecule has 1 spiro atoms. The molecule has 2 aliphatic rings. The molecule has 3 heteroatoms. The third kappa shape index (κ3) is 2.72. The molecule has 1 saturated heterocycles. The quantitative estimate of drug-likeness (QED) is 0.852. The Kier molecular flexibility index (Phi) is 3.78. The van der Waals surface area contributed by atoms with Gasteiger partial charge in [0.1, 0.15) is 0 Å². The summed E-state index contributed by atoms with van der Waals surface area (Å²) in [4.78, 5) is 0. The van der Waals surface area contributed by atoms with Crippen LogP contribution in [-0.4, -0.2) is 18.7 Å². The maximum absolute atomic E-state index is 8.87. The molecular formula is C17H22N2O. The lowest BCUT2D eigenvalue weighted by Crippen LogP contribution is -2.52. The van der Waals surface area contributed by atoms with Crippen molar-refractivity contribution in [2.45, 2.75) is 44.3 Å². The second-order valence-corrected chi connectivity index (χ2v) is 6.34. The average Bonchev–Trinajstić information content (AvgIpc) is 2.51. The van der Waals surface area contributed by atoms with E-state index in [0.29, 0.717) is 5.56 Å². The maximum atomic E-state index is 8.87. The summed E-state index contributed by atoms with van der Waals surface area (Å²) in [5.74, 6) is 0.833. The summed E-state index contributed by atoms with van der Waals surface area (Å²) in [6.07, 6.45) is 4.97. The zero-order valence-corrected chi connectivity index (χ0v) is 12.1. The summed E-state index contributed by atoms with van der Waals surface area (Å²) in [6, 6.07) is 9.96. The molecule has 1 atom stereocenters. The molecule has 1 unspecified atom stereocenters. The van der Waals surface area contributed by atoms with Crippen molar-refractivity contribution >= 4 is 0 Å². The van der Waals surface area contributed by atoms with Gasteiger partial charge in [-0.1, -0.05) is 19.1 Å². The van der Waals surface area contributed by atoms with Crippen molar-refractivity contribution in [2.75, 3.05) is 13.1 Å². The van der Waals surface area contributed by atoms with E-state index in [-0.39, 0.29) is 11.7 Å². The van der Waals surface area contributed by atoms with Crippen LogP contribution in [0.1, 0.15) is 49.8 Å². The molecule has 1 aromatic carbocycles. The largest absolute Gasteiger partial charge is 0.364 e. The number of rotatable bonds is 1. The molecule has 3 rings (SSSR count). The van der Waals surface area contributed by atoms with E-state index in [1.54, 1.807) is 0 Å². The number of nitriles is 1. The van der Waals surface area contributed by atoms with Crippen LogP contribution in [0.5, 0.6) is 0 Å². The second-order valence-electron chi connectivity index (χ2n) is 6.34. The van der Waals surface area contributed by atoms with E-state index in [0.717, 1.165) is 31.8 Å². The van der Waals surface area contributed by atoms with Gasteiger partial charge in [0.2, 0.25) is 0 Å². The highest BCUT2D eigenvalue weighted by Crippen LogP contribution is 2.39. The van der Waals surface area contributed by atoms with Crippen LogP contribution >= 0.6 is 0 Å². The van der Waals surface area contributed by atoms with Crippen molar-refractivity contribution in [2.24, 2.45) is 5.92 Å². The van der Waals surface area contributed by atoms with Crippen LogP contribution in [0.15, 0.2) is 24.3 Å². The fourth-order valence-corrected chi connectivity index (χ4v) is 3.36. The van der Waals surface area contributed by atoms with Crippen LogP contribution in [0.25, 0.3) is 0 Å². The summed E-state index contributed by atoms with van der Waals surface area (Å²) in [7, 11) is 0. The molecule has 1 N–H and O–H groups in total. The fraction of sp³-hybridized carbons (Fsp3) is 0.588. The number of nitrogens with zero attached hydrogens (tertiary/aromatic N) is 1. The number of nitrogens with one attached hydrogen (secondary N) is 1. The Hall–Kier alpha value is -1.37. The Labute approximate surface area is 120 Å². The topological polar surface area (TPSA) is 45.0 Å². The van der Waals surface area contributed by atoms with E-state index in [1.165, 1.54) is 18.4 Å². The Morgan fingerprint density at radius 2 is 1.95 bits per heavy atom. The molecule has 1 aliphatic heterocycles. The van der Waals surface area contributed by atoms with Gasteiger partial charge < -0.3 is 10.1 Å². The predicted octanol–water partition coefficient (Wildman–Crippen LogP) is 3.17. The standard InChI is InChI=1S/C17H22N2O/c1-13-6-8-17(9-7-13)12-19-11-16(20-17)15-4-2-14(10-18)3-5-15/h2-5,13,16,19H,6-9,11-12H2,1H3. The minimum absolute atomic E-state index is 0.0311. The smallest absolute Gasteiger partial charge is 0.0991 e. The molecule has 0 radical (unpaired) electrons. The van der Waals surface area contributed by atoms with Crippen LogP contribution in [0.2, 0.25) is 0 Å². The first-order valence-corrected chi connectivity index (χ1v) is 7.59. The summed E-state index contributed by atoms with van der Waals surface area (Å²) in [5.41, 5.74) is 1.91. The molecule has 2 fully saturated rings. The van der Waals surface area contributed by atoms with Gasteiger partial charge in [-0.3, -0.25) is 0 Å². The molecule has 106 valence electrons. The van der Waals surface area contributed by atoms with Crippen molar-refractivity contribution in [3.05, 3.63) is 35.4 Å². The van der Waals surface area contributed by atoms with Crippen molar-refractivity contribution in [1.29, 1.82) is 5.26 Å². The van der Waals surface area contributed by atoms with Gasteiger partial charge in [0.05, 0.1) is 23.3 Å². The van der Waals surface area contributed by atoms with Gasteiger partial charge in [0.25, 0.3) is 0 Å². The number of morpholine rings is 1. The molecule has 20 heavy (non-hydrogen) atoms. The molecule has 1 aromatic rings. The first kappa shape index (κ1) is 13.6. The van der Waals surface area contributed by atoms with Crippen LogP contribution < -0.4 is 5.32 Å². The summed E-state index contributed by atoms with van der Waals surface area (Å²) in [6.45, 7) is 4.18. The molecule has 0 amide bonds. The van der Waals surface area contributed by atoms with E-state index in [2.05, 4.69) is 18.3 Å². The van der Waals surface area contributed by atoms with Crippen molar-refractivity contribution in [1.82, 2.24) is 5.32 Å². The van der Waals surface area contributed by atoms with E-state index in [4.69, 9.17) is 10.00 Å². The molecule has 3 nitrogen and oxygen atoms in total. The highest BCUT2D eigenvalue weighted by Gasteiger charge is 2.40. The van der Waals surface area contributed by atoms with Crippen molar-refractivity contribution in [3.63, 3.8) is 0 Å². The second kappa shape index (κ2) is 5.55. The van der Waals surface area contributed by atoms with Crippen molar-refractivity contribution < 1.29 is 4.74 Å². The molecule has 1 saturated carbocycles. The lowest BCUT2D eigenvalue weighted by molar-refractivity contribution is -0.140. The van der Waals surface area contributed by atoms with Crippen LogP contribution in [0.4, 0.5) is 0 Å². The van der Waals surface area contributed by atoms with Gasteiger partial charge in [-0.2, -0.15) is 5.26 Å². The fourth-order valence-electron chi connectivity index (χ4n) is 3.36. The van der Waals surface area contributed by atoms with Gasteiger partial charge in [0, 0.05) is 13.1 Å². The first-order chi connectivity index (χ1) is 9.71. The van der Waals surface area contributed by atoms with Gasteiger partial charge in [-0.05, 0) is 49.3 Å². The summed E-state index contributed by atoms with van der Waals surface area (Å²) < 4.78 is 6.48. The Bertz CT molecular complexity index is 495. The lowest BCUT2D eigenvalue weighted by atomic mass is 9.78. The van der Waals surface area contributed by atoms with E-state index < -0.39 is 0 Å². The van der Waals surface area contributed by atoms with Crippen molar-refractivity contribution in [3.8, 4) is 6.07 Å². The Balaban J connectivity index is 1.73. The minimum Gasteiger partial charge on any atom is -0.364 e. The van der Waals surface area contributed by atoms with Gasteiger partial charge in [-0.25, -0.2) is 0 Å². The SMILES string of the molecule is CC1CCC2(CC1)CNCC(c1ccc(C#N)cc1)O2. The predicted molar refractivity (Wildman–Crippen MR) is 78.2 cm³/mol. The summed E-state index contributed by atoms with van der Waals surface area (Å²) >= 11 is 0. The molecule has 0 aromatic heterocycles. The highest BCUT2D eigenvalue weighted by molar-refractivity contribution is 5.32. The highest BCUT2D eigenvalue weighted by atomic mass is 16.5. The van der Waals surface area contributed by atoms with Crippen LogP contribution in [-0.2, 0) is 4.74 Å². The Morgan fingerprint density at radius 3 is 2.60 bits per heavy atom. The Morgan fingerprint density at radius 1 is 1.25 bits per heavy atom. The normalized spacial score (nSPS) is 33.8. The molecule has 1 aliphatic carbocycles. The van der Waals surface area contributed by atoms with Crippen LogP contribution in [0.3, 0.4) is 0 Å². The first-order valence-electron chi connectivity index (χ1n) is 7.59. The maximum Gasteiger partial charge on any atom is 0.0991 e. The third-order valence-electron chi connectivity index (χ3n) is 4.77. The number of ether oxygens (including phenoxy) is 1. The van der Waals surface area contributed by atoms with E-state index >= 15 is 0 Å². The molecule has 1 heterocycles. The zero-order valence-electron chi connectivity index (χ0n) is 12.1. The number of benzene rings is 1. The molecular weight excluding hydrogens is 248 g/mol. The number of hydrogen-bond acceptors (Lipinski definition) is 3. The third-order valence-corrected chi connectivity index (χ3v) is 4.77. The summed E-state index contributed by atoms with van der Waals surface area (Å²) in [5, 5.41) is 12.4. The van der Waals surface area contributed by atoms with Gasteiger partial charge >= 0.3 is 0 Å².